The van der Waals surface area contributed by atoms with E-state index in [4.69, 9.17) is 0 Å². The van der Waals surface area contributed by atoms with E-state index in [9.17, 15) is 4.79 Å². The highest BCUT2D eigenvalue weighted by atomic mass is 32.1. The second-order valence-corrected chi connectivity index (χ2v) is 4.51. The largest absolute Gasteiger partial charge is 0.323 e. The molecular weight excluding hydrogens is 212 g/mol. The topological polar surface area (TPSA) is 58.1 Å². The zero-order valence-electron chi connectivity index (χ0n) is 8.86. The van der Waals surface area contributed by atoms with Crippen LogP contribution in [0.2, 0.25) is 0 Å². The maximum atomic E-state index is 11.8. The Morgan fingerprint density at radius 3 is 3.00 bits per heavy atom. The van der Waals surface area contributed by atoms with Crippen molar-refractivity contribution in [1.29, 1.82) is 0 Å². The highest BCUT2D eigenvalue weighted by Crippen LogP contribution is 2.18. The second-order valence-electron chi connectivity index (χ2n) is 3.76. The van der Waals surface area contributed by atoms with E-state index >= 15 is 0 Å². The van der Waals surface area contributed by atoms with Crippen LogP contribution in [0.25, 0.3) is 0 Å². The molecule has 0 radical (unpaired) electrons. The Morgan fingerprint density at radius 2 is 2.47 bits per heavy atom. The average Bonchev–Trinajstić information content (AvgIpc) is 2.75. The maximum absolute atomic E-state index is 11.8. The van der Waals surface area contributed by atoms with Gasteiger partial charge in [0.2, 0.25) is 5.13 Å². The molecule has 2 amide bonds. The minimum atomic E-state index is -0.0591. The molecule has 1 aliphatic rings. The van der Waals surface area contributed by atoms with Crippen LogP contribution < -0.4 is 5.32 Å². The molecule has 0 bridgehead atoms. The van der Waals surface area contributed by atoms with Crippen molar-refractivity contribution in [2.45, 2.75) is 32.7 Å². The Kier molecular flexibility index (Phi) is 2.86. The number of nitrogens with zero attached hydrogens (tertiary/aromatic N) is 3. The number of aryl methyl sites for hydroxylation is 1. The first kappa shape index (κ1) is 10.4. The molecule has 0 aliphatic carbocycles. The van der Waals surface area contributed by atoms with Crippen molar-refractivity contribution in [1.82, 2.24) is 14.3 Å². The maximum Gasteiger partial charge on any atom is 0.323 e. The number of hydrogen-bond acceptors (Lipinski definition) is 4. The van der Waals surface area contributed by atoms with Crippen LogP contribution in [-0.4, -0.2) is 32.9 Å². The molecule has 6 heteroatoms. The van der Waals surface area contributed by atoms with Crippen LogP contribution in [0.15, 0.2) is 0 Å². The van der Waals surface area contributed by atoms with Crippen molar-refractivity contribution < 1.29 is 4.79 Å². The highest BCUT2D eigenvalue weighted by Gasteiger charge is 2.25. The molecule has 15 heavy (non-hydrogen) atoms. The molecule has 1 aromatic heterocycles. The Bertz CT molecular complexity index is 365. The molecule has 0 saturated carbocycles. The number of urea groups is 1. The molecular formula is C9H14N4OS. The van der Waals surface area contributed by atoms with Gasteiger partial charge in [0.1, 0.15) is 5.82 Å². The van der Waals surface area contributed by atoms with Gasteiger partial charge in [0, 0.05) is 24.1 Å². The Morgan fingerprint density at radius 1 is 1.67 bits per heavy atom. The van der Waals surface area contributed by atoms with Gasteiger partial charge in [-0.25, -0.2) is 9.78 Å². The van der Waals surface area contributed by atoms with Crippen LogP contribution in [0.5, 0.6) is 0 Å². The third kappa shape index (κ3) is 2.26. The Balaban J connectivity index is 1.97. The minimum absolute atomic E-state index is 0.0591. The standard InChI is InChI=1S/C9H14N4OS/c1-6-4-3-5-13(6)9(14)11-8-10-7(2)12-15-8/h6H,3-5H2,1-2H3,(H,10,11,12,14)/t6-/m1/s1. The van der Waals surface area contributed by atoms with Gasteiger partial charge < -0.3 is 4.90 Å². The lowest BCUT2D eigenvalue weighted by atomic mass is 10.2. The van der Waals surface area contributed by atoms with E-state index in [-0.39, 0.29) is 6.03 Å². The number of carbonyl (C=O) groups excluding carboxylic acids is 1. The number of nitrogens with one attached hydrogen (secondary N) is 1. The molecule has 82 valence electrons. The fourth-order valence-corrected chi connectivity index (χ4v) is 2.31. The molecule has 1 N–H and O–H groups in total. The number of hydrogen-bond donors (Lipinski definition) is 1. The first-order valence-electron chi connectivity index (χ1n) is 5.05. The molecule has 0 unspecified atom stereocenters. The number of carbonyl (C=O) groups is 1. The number of amides is 2. The summed E-state index contributed by atoms with van der Waals surface area (Å²) in [6.07, 6.45) is 2.17. The van der Waals surface area contributed by atoms with Gasteiger partial charge in [-0.2, -0.15) is 4.37 Å². The van der Waals surface area contributed by atoms with Crippen molar-refractivity contribution >= 4 is 22.7 Å². The van der Waals surface area contributed by atoms with Gasteiger partial charge in [0.25, 0.3) is 0 Å². The van der Waals surface area contributed by atoms with Crippen LogP contribution in [0.1, 0.15) is 25.6 Å². The molecule has 1 atom stereocenters. The van der Waals surface area contributed by atoms with Crippen LogP contribution in [0.3, 0.4) is 0 Å². The quantitative estimate of drug-likeness (QED) is 0.795. The fourth-order valence-electron chi connectivity index (χ4n) is 1.75. The predicted octanol–water partition coefficient (Wildman–Crippen LogP) is 1.86. The smallest absolute Gasteiger partial charge is 0.322 e. The molecule has 0 aromatic carbocycles. The number of anilines is 1. The molecule has 1 aliphatic heterocycles. The SMILES string of the molecule is Cc1nsc(NC(=O)N2CCC[C@H]2C)n1. The van der Waals surface area contributed by atoms with Gasteiger partial charge >= 0.3 is 6.03 Å². The van der Waals surface area contributed by atoms with E-state index in [0.717, 1.165) is 19.4 Å². The lowest BCUT2D eigenvalue weighted by Crippen LogP contribution is -2.37. The first-order valence-corrected chi connectivity index (χ1v) is 5.82. The second kappa shape index (κ2) is 4.14. The zero-order valence-corrected chi connectivity index (χ0v) is 9.67. The lowest BCUT2D eigenvalue weighted by Gasteiger charge is -2.20. The summed E-state index contributed by atoms with van der Waals surface area (Å²) in [6, 6.07) is 0.273. The van der Waals surface area contributed by atoms with Crippen molar-refractivity contribution in [3.63, 3.8) is 0 Å². The lowest BCUT2D eigenvalue weighted by molar-refractivity contribution is 0.210. The molecule has 1 saturated heterocycles. The fraction of sp³-hybridized carbons (Fsp3) is 0.667. The van der Waals surface area contributed by atoms with Crippen molar-refractivity contribution in [3.05, 3.63) is 5.82 Å². The minimum Gasteiger partial charge on any atom is -0.322 e. The first-order chi connectivity index (χ1) is 7.16. The number of rotatable bonds is 1. The van der Waals surface area contributed by atoms with E-state index in [0.29, 0.717) is 17.0 Å². The number of likely N-dealkylation sites (tertiary alicyclic amines) is 1. The van der Waals surface area contributed by atoms with Crippen LogP contribution >= 0.6 is 11.5 Å². The van der Waals surface area contributed by atoms with E-state index in [1.54, 1.807) is 0 Å². The average molecular weight is 226 g/mol. The van der Waals surface area contributed by atoms with Crippen molar-refractivity contribution in [2.24, 2.45) is 0 Å². The molecule has 1 aromatic rings. The van der Waals surface area contributed by atoms with E-state index in [1.165, 1.54) is 11.5 Å². The highest BCUT2D eigenvalue weighted by molar-refractivity contribution is 7.09. The van der Waals surface area contributed by atoms with Crippen LogP contribution in [0, 0.1) is 6.92 Å². The van der Waals surface area contributed by atoms with Gasteiger partial charge in [-0.05, 0) is 26.7 Å². The van der Waals surface area contributed by atoms with E-state index in [2.05, 4.69) is 21.6 Å². The van der Waals surface area contributed by atoms with Gasteiger partial charge in [-0.15, -0.1) is 0 Å². The molecule has 2 heterocycles. The molecule has 5 nitrogen and oxygen atoms in total. The molecule has 0 spiro atoms. The van der Waals surface area contributed by atoms with E-state index < -0.39 is 0 Å². The molecule has 2 rings (SSSR count). The van der Waals surface area contributed by atoms with Crippen molar-refractivity contribution in [3.8, 4) is 0 Å². The monoisotopic (exact) mass is 226 g/mol. The summed E-state index contributed by atoms with van der Waals surface area (Å²) in [5, 5.41) is 3.35. The van der Waals surface area contributed by atoms with Gasteiger partial charge in [0.15, 0.2) is 0 Å². The van der Waals surface area contributed by atoms with E-state index in [1.807, 2.05) is 11.8 Å². The third-order valence-corrected chi connectivity index (χ3v) is 3.28. The van der Waals surface area contributed by atoms with Gasteiger partial charge in [0.05, 0.1) is 0 Å². The summed E-state index contributed by atoms with van der Waals surface area (Å²) in [6.45, 7) is 4.72. The summed E-state index contributed by atoms with van der Waals surface area (Å²) in [5.41, 5.74) is 0. The predicted molar refractivity (Wildman–Crippen MR) is 59.1 cm³/mol. The van der Waals surface area contributed by atoms with Gasteiger partial charge in [-0.3, -0.25) is 5.32 Å². The third-order valence-electron chi connectivity index (χ3n) is 2.56. The zero-order chi connectivity index (χ0) is 10.8. The molecule has 1 fully saturated rings. The summed E-state index contributed by atoms with van der Waals surface area (Å²) in [7, 11) is 0. The van der Waals surface area contributed by atoms with Gasteiger partial charge in [-0.1, -0.05) is 0 Å². The summed E-state index contributed by atoms with van der Waals surface area (Å²) < 4.78 is 4.01. The van der Waals surface area contributed by atoms with Crippen LogP contribution in [0.4, 0.5) is 9.93 Å². The summed E-state index contributed by atoms with van der Waals surface area (Å²) >= 11 is 1.22. The summed E-state index contributed by atoms with van der Waals surface area (Å²) in [4.78, 5) is 17.7. The number of aromatic nitrogens is 2. The Hall–Kier alpha value is -1.17. The normalized spacial score (nSPS) is 20.7. The Labute approximate surface area is 92.7 Å². The van der Waals surface area contributed by atoms with Crippen LogP contribution in [-0.2, 0) is 0 Å². The van der Waals surface area contributed by atoms with Crippen molar-refractivity contribution in [2.75, 3.05) is 11.9 Å². The summed E-state index contributed by atoms with van der Waals surface area (Å²) in [5.74, 6) is 0.699.